The molecule has 0 saturated carbocycles. The molecule has 0 amide bonds. The molecule has 1 aliphatic rings. The third-order valence-corrected chi connectivity index (χ3v) is 2.18. The lowest BCUT2D eigenvalue weighted by molar-refractivity contribution is 0.138. The molecule has 14 heavy (non-hydrogen) atoms. The monoisotopic (exact) mass is 234 g/mol. The van der Waals surface area contributed by atoms with E-state index in [4.69, 9.17) is 32.7 Å². The predicted molar refractivity (Wildman–Crippen MR) is 51.9 cm³/mol. The Hall–Kier alpha value is -0.580. The van der Waals surface area contributed by atoms with Crippen LogP contribution < -0.4 is 4.74 Å². The Labute approximate surface area is 91.2 Å². The molecule has 0 bridgehead atoms. The molecule has 6 heteroatoms. The molecular formula is C8H8Cl2N2O2. The van der Waals surface area contributed by atoms with Crippen molar-refractivity contribution in [3.05, 3.63) is 16.5 Å². The first-order valence-corrected chi connectivity index (χ1v) is 4.94. The van der Waals surface area contributed by atoms with Crippen LogP contribution in [0.5, 0.6) is 5.88 Å². The van der Waals surface area contributed by atoms with Gasteiger partial charge in [-0.3, -0.25) is 0 Å². The van der Waals surface area contributed by atoms with Crippen LogP contribution in [0.25, 0.3) is 0 Å². The lowest BCUT2D eigenvalue weighted by atomic mass is 10.3. The fourth-order valence-electron chi connectivity index (χ4n) is 1.21. The molecule has 1 atom stereocenters. The maximum Gasteiger partial charge on any atom is 0.227 e. The molecular weight excluding hydrogens is 227 g/mol. The molecule has 1 aromatic heterocycles. The van der Waals surface area contributed by atoms with Gasteiger partial charge in [0.15, 0.2) is 0 Å². The van der Waals surface area contributed by atoms with Crippen molar-refractivity contribution in [3.63, 3.8) is 0 Å². The topological polar surface area (TPSA) is 44.2 Å². The van der Waals surface area contributed by atoms with E-state index in [2.05, 4.69) is 9.97 Å². The van der Waals surface area contributed by atoms with Gasteiger partial charge in [-0.15, -0.1) is 0 Å². The molecule has 76 valence electrons. The van der Waals surface area contributed by atoms with Gasteiger partial charge in [0.1, 0.15) is 11.3 Å². The van der Waals surface area contributed by atoms with E-state index in [0.29, 0.717) is 12.5 Å². The molecule has 2 heterocycles. The summed E-state index contributed by atoms with van der Waals surface area (Å²) in [4.78, 5) is 7.61. The summed E-state index contributed by atoms with van der Waals surface area (Å²) in [6.07, 6.45) is 0.899. The van der Waals surface area contributed by atoms with Gasteiger partial charge >= 0.3 is 0 Å². The fourth-order valence-corrected chi connectivity index (χ4v) is 1.60. The minimum absolute atomic E-state index is 0.0389. The predicted octanol–water partition coefficient (Wildman–Crippen LogP) is 1.95. The molecule has 0 radical (unpaired) electrons. The lowest BCUT2D eigenvalue weighted by Gasteiger charge is -2.10. The van der Waals surface area contributed by atoms with E-state index in [-0.39, 0.29) is 16.5 Å². The first kappa shape index (κ1) is 9.96. The zero-order valence-corrected chi connectivity index (χ0v) is 8.75. The SMILES string of the molecule is Clc1cc(O[C@H]2CCOC2)nc(Cl)n1. The summed E-state index contributed by atoms with van der Waals surface area (Å²) < 4.78 is 10.6. The molecule has 1 aromatic rings. The largest absolute Gasteiger partial charge is 0.472 e. The van der Waals surface area contributed by atoms with E-state index in [9.17, 15) is 0 Å². The van der Waals surface area contributed by atoms with E-state index in [1.165, 1.54) is 6.07 Å². The van der Waals surface area contributed by atoms with Crippen molar-refractivity contribution in [1.82, 2.24) is 9.97 Å². The minimum atomic E-state index is 0.0389. The highest BCUT2D eigenvalue weighted by Gasteiger charge is 2.18. The number of rotatable bonds is 2. The highest BCUT2D eigenvalue weighted by atomic mass is 35.5. The van der Waals surface area contributed by atoms with Crippen molar-refractivity contribution >= 4 is 23.2 Å². The second-order valence-corrected chi connectivity index (χ2v) is 3.63. The quantitative estimate of drug-likeness (QED) is 0.580. The molecule has 4 nitrogen and oxygen atoms in total. The molecule has 0 aromatic carbocycles. The Balaban J connectivity index is 2.07. The Morgan fingerprint density at radius 3 is 2.93 bits per heavy atom. The third kappa shape index (κ3) is 2.47. The van der Waals surface area contributed by atoms with Gasteiger partial charge < -0.3 is 9.47 Å². The smallest absolute Gasteiger partial charge is 0.227 e. The molecule has 0 unspecified atom stereocenters. The maximum atomic E-state index is 5.69. The van der Waals surface area contributed by atoms with Crippen LogP contribution in [0.2, 0.25) is 10.4 Å². The van der Waals surface area contributed by atoms with E-state index in [1.54, 1.807) is 0 Å². The highest BCUT2D eigenvalue weighted by molar-refractivity contribution is 6.31. The number of hydrogen-bond donors (Lipinski definition) is 0. The second-order valence-electron chi connectivity index (χ2n) is 2.90. The average Bonchev–Trinajstić information content (AvgIpc) is 2.54. The first-order valence-electron chi connectivity index (χ1n) is 4.18. The van der Waals surface area contributed by atoms with Crippen LogP contribution in [0, 0.1) is 0 Å². The highest BCUT2D eigenvalue weighted by Crippen LogP contribution is 2.19. The molecule has 1 aliphatic heterocycles. The standard InChI is InChI=1S/C8H8Cl2N2O2/c9-6-3-7(12-8(10)11-6)14-5-1-2-13-4-5/h3,5H,1-2,4H2/t5-/m0/s1. The third-order valence-electron chi connectivity index (χ3n) is 1.82. The van der Waals surface area contributed by atoms with E-state index in [0.717, 1.165) is 13.0 Å². The zero-order chi connectivity index (χ0) is 9.97. The van der Waals surface area contributed by atoms with Gasteiger partial charge in [0, 0.05) is 12.5 Å². The molecule has 2 rings (SSSR count). The summed E-state index contributed by atoms with van der Waals surface area (Å²) >= 11 is 11.3. The fraction of sp³-hybridized carbons (Fsp3) is 0.500. The summed E-state index contributed by atoms with van der Waals surface area (Å²) in [6, 6.07) is 1.53. The lowest BCUT2D eigenvalue weighted by Crippen LogP contribution is -2.16. The van der Waals surface area contributed by atoms with Crippen molar-refractivity contribution in [1.29, 1.82) is 0 Å². The number of ether oxygens (including phenoxy) is 2. The van der Waals surface area contributed by atoms with Crippen molar-refractivity contribution in [3.8, 4) is 5.88 Å². The van der Waals surface area contributed by atoms with Crippen molar-refractivity contribution < 1.29 is 9.47 Å². The molecule has 0 aliphatic carbocycles. The van der Waals surface area contributed by atoms with E-state index in [1.807, 2.05) is 0 Å². The van der Waals surface area contributed by atoms with Crippen molar-refractivity contribution in [2.24, 2.45) is 0 Å². The minimum Gasteiger partial charge on any atom is -0.472 e. The number of hydrogen-bond acceptors (Lipinski definition) is 4. The summed E-state index contributed by atoms with van der Waals surface area (Å²) in [5.74, 6) is 0.394. The Bertz CT molecular complexity index is 309. The number of halogens is 2. The maximum absolute atomic E-state index is 5.69. The van der Waals surface area contributed by atoms with Crippen LogP contribution in [-0.2, 0) is 4.74 Å². The average molecular weight is 235 g/mol. The van der Waals surface area contributed by atoms with Gasteiger partial charge in [-0.2, -0.15) is 4.98 Å². The van der Waals surface area contributed by atoms with E-state index >= 15 is 0 Å². The summed E-state index contributed by atoms with van der Waals surface area (Å²) in [5.41, 5.74) is 0. The Morgan fingerprint density at radius 2 is 2.29 bits per heavy atom. The van der Waals surface area contributed by atoms with Gasteiger partial charge in [0.25, 0.3) is 0 Å². The molecule has 1 saturated heterocycles. The molecule has 0 spiro atoms. The van der Waals surface area contributed by atoms with Crippen LogP contribution in [0.15, 0.2) is 6.07 Å². The number of nitrogens with zero attached hydrogens (tertiary/aromatic N) is 2. The first-order chi connectivity index (χ1) is 6.74. The Morgan fingerprint density at radius 1 is 1.43 bits per heavy atom. The van der Waals surface area contributed by atoms with Gasteiger partial charge in [-0.1, -0.05) is 11.6 Å². The molecule has 0 N–H and O–H groups in total. The summed E-state index contributed by atoms with van der Waals surface area (Å²) in [7, 11) is 0. The van der Waals surface area contributed by atoms with Gasteiger partial charge in [0.2, 0.25) is 11.2 Å². The summed E-state index contributed by atoms with van der Waals surface area (Å²) in [5, 5.41) is 0.366. The van der Waals surface area contributed by atoms with Crippen molar-refractivity contribution in [2.75, 3.05) is 13.2 Å². The van der Waals surface area contributed by atoms with Crippen LogP contribution in [0.3, 0.4) is 0 Å². The second kappa shape index (κ2) is 4.29. The summed E-state index contributed by atoms with van der Waals surface area (Å²) in [6.45, 7) is 1.30. The van der Waals surface area contributed by atoms with Crippen LogP contribution in [0.4, 0.5) is 0 Å². The van der Waals surface area contributed by atoms with Crippen LogP contribution in [0.1, 0.15) is 6.42 Å². The van der Waals surface area contributed by atoms with Crippen LogP contribution in [-0.4, -0.2) is 29.3 Å². The van der Waals surface area contributed by atoms with Gasteiger partial charge in [-0.25, -0.2) is 4.98 Å². The van der Waals surface area contributed by atoms with Gasteiger partial charge in [0.05, 0.1) is 13.2 Å². The molecule has 1 fully saturated rings. The Kier molecular flexibility index (Phi) is 3.05. The number of aromatic nitrogens is 2. The normalized spacial score (nSPS) is 21.1. The van der Waals surface area contributed by atoms with Crippen molar-refractivity contribution in [2.45, 2.75) is 12.5 Å². The zero-order valence-electron chi connectivity index (χ0n) is 7.24. The van der Waals surface area contributed by atoms with Gasteiger partial charge in [-0.05, 0) is 11.6 Å². The van der Waals surface area contributed by atoms with Crippen LogP contribution >= 0.6 is 23.2 Å². The van der Waals surface area contributed by atoms with E-state index < -0.39 is 0 Å².